The predicted molar refractivity (Wildman–Crippen MR) is 81.4 cm³/mol. The van der Waals surface area contributed by atoms with Crippen molar-refractivity contribution < 1.29 is 8.42 Å². The molecule has 0 spiro atoms. The van der Waals surface area contributed by atoms with Crippen LogP contribution in [0.2, 0.25) is 0 Å². The molecular weight excluding hydrogens is 274 g/mol. The zero-order valence-electron chi connectivity index (χ0n) is 12.0. The van der Waals surface area contributed by atoms with Crippen molar-refractivity contribution in [1.29, 1.82) is 0 Å². The standard InChI is InChI=1S/C14H21N3O2S/c1-3-9-17-13-7-5-4-6-12(13)16-14(17)11-15-8-10-20(2,18)19/h4-7,15H,3,8-11H2,1-2H3. The summed E-state index contributed by atoms with van der Waals surface area (Å²) < 4.78 is 24.4. The minimum absolute atomic E-state index is 0.154. The SMILES string of the molecule is CCCn1c(CNCCS(C)(=O)=O)nc2ccccc21. The number of sulfone groups is 1. The first-order valence-electron chi connectivity index (χ1n) is 6.84. The van der Waals surface area contributed by atoms with Crippen LogP contribution >= 0.6 is 0 Å². The van der Waals surface area contributed by atoms with Gasteiger partial charge in [-0.25, -0.2) is 13.4 Å². The maximum absolute atomic E-state index is 11.1. The number of hydrogen-bond acceptors (Lipinski definition) is 4. The lowest BCUT2D eigenvalue weighted by Gasteiger charge is -2.08. The summed E-state index contributed by atoms with van der Waals surface area (Å²) in [5, 5.41) is 3.16. The van der Waals surface area contributed by atoms with Crippen LogP contribution in [0.25, 0.3) is 11.0 Å². The molecule has 0 aliphatic heterocycles. The van der Waals surface area contributed by atoms with Gasteiger partial charge in [0.2, 0.25) is 0 Å². The van der Waals surface area contributed by atoms with Crippen molar-refractivity contribution in [3.63, 3.8) is 0 Å². The molecule has 0 unspecified atom stereocenters. The topological polar surface area (TPSA) is 64.0 Å². The van der Waals surface area contributed by atoms with Crippen molar-refractivity contribution in [2.75, 3.05) is 18.6 Å². The number of nitrogens with zero attached hydrogens (tertiary/aromatic N) is 2. The van der Waals surface area contributed by atoms with Gasteiger partial charge in [0.15, 0.2) is 0 Å². The summed E-state index contributed by atoms with van der Waals surface area (Å²) in [5.74, 6) is 1.11. The average molecular weight is 295 g/mol. The van der Waals surface area contributed by atoms with Crippen molar-refractivity contribution in [3.05, 3.63) is 30.1 Å². The summed E-state index contributed by atoms with van der Waals surface area (Å²) in [5.41, 5.74) is 2.12. The molecule has 0 aliphatic rings. The summed E-state index contributed by atoms with van der Waals surface area (Å²) in [6, 6.07) is 8.06. The molecule has 0 atom stereocenters. The van der Waals surface area contributed by atoms with Crippen LogP contribution in [0.5, 0.6) is 0 Å². The molecule has 1 N–H and O–H groups in total. The second-order valence-electron chi connectivity index (χ2n) is 4.98. The molecule has 110 valence electrons. The fraction of sp³-hybridized carbons (Fsp3) is 0.500. The van der Waals surface area contributed by atoms with Gasteiger partial charge in [-0.15, -0.1) is 0 Å². The van der Waals surface area contributed by atoms with Crippen molar-refractivity contribution in [2.45, 2.75) is 26.4 Å². The van der Waals surface area contributed by atoms with Crippen LogP contribution in [-0.2, 0) is 22.9 Å². The van der Waals surface area contributed by atoms with Crippen molar-refractivity contribution in [3.8, 4) is 0 Å². The number of aryl methyl sites for hydroxylation is 1. The van der Waals surface area contributed by atoms with Crippen molar-refractivity contribution in [1.82, 2.24) is 14.9 Å². The Hall–Kier alpha value is -1.40. The number of hydrogen-bond donors (Lipinski definition) is 1. The van der Waals surface area contributed by atoms with Crippen LogP contribution in [0.1, 0.15) is 19.2 Å². The van der Waals surface area contributed by atoms with Gasteiger partial charge in [-0.05, 0) is 18.6 Å². The Bertz CT molecular complexity index is 677. The number of imidazole rings is 1. The van der Waals surface area contributed by atoms with Gasteiger partial charge in [0.25, 0.3) is 0 Å². The average Bonchev–Trinajstić information content (AvgIpc) is 2.73. The maximum atomic E-state index is 11.1. The zero-order chi connectivity index (χ0) is 14.6. The number of para-hydroxylation sites is 2. The van der Waals surface area contributed by atoms with E-state index in [1.807, 2.05) is 18.2 Å². The molecule has 6 heteroatoms. The lowest BCUT2D eigenvalue weighted by Crippen LogP contribution is -2.23. The molecule has 1 aromatic carbocycles. The predicted octanol–water partition coefficient (Wildman–Crippen LogP) is 1.58. The molecule has 2 aromatic rings. The van der Waals surface area contributed by atoms with Crippen LogP contribution < -0.4 is 5.32 Å². The molecule has 0 amide bonds. The molecule has 0 saturated heterocycles. The van der Waals surface area contributed by atoms with Gasteiger partial charge >= 0.3 is 0 Å². The highest BCUT2D eigenvalue weighted by Crippen LogP contribution is 2.16. The largest absolute Gasteiger partial charge is 0.327 e. The van der Waals surface area contributed by atoms with Gasteiger partial charge in [-0.3, -0.25) is 0 Å². The Labute approximate surface area is 119 Å². The number of benzene rings is 1. The first-order valence-corrected chi connectivity index (χ1v) is 8.90. The Morgan fingerprint density at radius 2 is 2.05 bits per heavy atom. The molecule has 0 bridgehead atoms. The van der Waals surface area contributed by atoms with Gasteiger partial charge in [0, 0.05) is 19.3 Å². The van der Waals surface area contributed by atoms with Gasteiger partial charge in [-0.1, -0.05) is 19.1 Å². The van der Waals surface area contributed by atoms with Crippen LogP contribution in [0.3, 0.4) is 0 Å². The van der Waals surface area contributed by atoms with E-state index in [9.17, 15) is 8.42 Å². The van der Waals surface area contributed by atoms with Crippen LogP contribution in [0, 0.1) is 0 Å². The van der Waals surface area contributed by atoms with Crippen LogP contribution in [0.4, 0.5) is 0 Å². The monoisotopic (exact) mass is 295 g/mol. The van der Waals surface area contributed by atoms with Gasteiger partial charge in [0.05, 0.1) is 23.3 Å². The van der Waals surface area contributed by atoms with Crippen LogP contribution in [0.15, 0.2) is 24.3 Å². The van der Waals surface area contributed by atoms with E-state index in [-0.39, 0.29) is 5.75 Å². The molecular formula is C14H21N3O2S. The third-order valence-electron chi connectivity index (χ3n) is 3.11. The lowest BCUT2D eigenvalue weighted by atomic mass is 10.3. The molecule has 2 rings (SSSR count). The van der Waals surface area contributed by atoms with E-state index in [0.29, 0.717) is 13.1 Å². The Morgan fingerprint density at radius 3 is 2.75 bits per heavy atom. The molecule has 20 heavy (non-hydrogen) atoms. The van der Waals surface area contributed by atoms with E-state index in [1.54, 1.807) is 0 Å². The molecule has 0 radical (unpaired) electrons. The summed E-state index contributed by atoms with van der Waals surface area (Å²) in [6.45, 7) is 4.09. The van der Waals surface area contributed by atoms with Crippen molar-refractivity contribution in [2.24, 2.45) is 0 Å². The number of fused-ring (bicyclic) bond motifs is 1. The Balaban J connectivity index is 2.10. The number of aromatic nitrogens is 2. The highest BCUT2D eigenvalue weighted by Gasteiger charge is 2.09. The fourth-order valence-corrected chi connectivity index (χ4v) is 2.71. The summed E-state index contributed by atoms with van der Waals surface area (Å²) in [6.07, 6.45) is 2.29. The van der Waals surface area contributed by atoms with E-state index >= 15 is 0 Å². The van der Waals surface area contributed by atoms with Crippen LogP contribution in [-0.4, -0.2) is 36.5 Å². The van der Waals surface area contributed by atoms with E-state index in [4.69, 9.17) is 0 Å². The van der Waals surface area contributed by atoms with Gasteiger partial charge < -0.3 is 9.88 Å². The molecule has 1 aromatic heterocycles. The third-order valence-corrected chi connectivity index (χ3v) is 4.06. The van der Waals surface area contributed by atoms with E-state index in [2.05, 4.69) is 27.9 Å². The first kappa shape index (κ1) is 15.0. The van der Waals surface area contributed by atoms with Gasteiger partial charge in [0.1, 0.15) is 15.7 Å². The number of nitrogens with one attached hydrogen (secondary N) is 1. The fourth-order valence-electron chi connectivity index (χ4n) is 2.19. The van der Waals surface area contributed by atoms with Crippen molar-refractivity contribution >= 4 is 20.9 Å². The molecule has 0 aliphatic carbocycles. The summed E-state index contributed by atoms with van der Waals surface area (Å²) in [7, 11) is -2.91. The first-order chi connectivity index (χ1) is 9.51. The zero-order valence-corrected chi connectivity index (χ0v) is 12.8. The highest BCUT2D eigenvalue weighted by molar-refractivity contribution is 7.90. The normalized spacial score (nSPS) is 12.1. The lowest BCUT2D eigenvalue weighted by molar-refractivity contribution is 0.587. The minimum Gasteiger partial charge on any atom is -0.327 e. The smallest absolute Gasteiger partial charge is 0.148 e. The van der Waals surface area contributed by atoms with E-state index in [0.717, 1.165) is 29.8 Å². The second-order valence-corrected chi connectivity index (χ2v) is 7.23. The van der Waals surface area contributed by atoms with Gasteiger partial charge in [-0.2, -0.15) is 0 Å². The summed E-state index contributed by atoms with van der Waals surface area (Å²) in [4.78, 5) is 4.62. The Kier molecular flexibility index (Phi) is 4.77. The molecule has 0 saturated carbocycles. The molecule has 1 heterocycles. The Morgan fingerprint density at radius 1 is 1.30 bits per heavy atom. The van der Waals surface area contributed by atoms with E-state index < -0.39 is 9.84 Å². The van der Waals surface area contributed by atoms with E-state index in [1.165, 1.54) is 6.26 Å². The molecule has 5 nitrogen and oxygen atoms in total. The second kappa shape index (κ2) is 6.37. The molecule has 0 fully saturated rings. The highest BCUT2D eigenvalue weighted by atomic mass is 32.2. The minimum atomic E-state index is -2.91. The number of rotatable bonds is 7. The maximum Gasteiger partial charge on any atom is 0.148 e. The summed E-state index contributed by atoms with van der Waals surface area (Å²) >= 11 is 0. The quantitative estimate of drug-likeness (QED) is 0.788. The third kappa shape index (κ3) is 3.80.